The van der Waals surface area contributed by atoms with Gasteiger partial charge in [-0.3, -0.25) is 4.79 Å². The van der Waals surface area contributed by atoms with Gasteiger partial charge in [0.15, 0.2) is 5.58 Å². The summed E-state index contributed by atoms with van der Waals surface area (Å²) >= 11 is 1.22. The minimum absolute atomic E-state index is 0.0780. The maximum absolute atomic E-state index is 12.9. The quantitative estimate of drug-likeness (QED) is 0.487. The van der Waals surface area contributed by atoms with Crippen molar-refractivity contribution in [2.75, 3.05) is 13.1 Å². The van der Waals surface area contributed by atoms with Crippen LogP contribution in [0.15, 0.2) is 63.1 Å². The zero-order chi connectivity index (χ0) is 22.0. The molecule has 0 unspecified atom stereocenters. The average molecular weight is 460 g/mol. The van der Waals surface area contributed by atoms with Gasteiger partial charge in [0.25, 0.3) is 5.22 Å². The first kappa shape index (κ1) is 21.9. The molecule has 4 rings (SSSR count). The number of sulfonamides is 1. The normalized spacial score (nSPS) is 15.3. The molecular formula is C22H25N3O4S2. The number of carbonyl (C=O) groups excluding carboxylic acids is 1. The molecule has 1 heterocycles. The topological polar surface area (TPSA) is 92.5 Å². The van der Waals surface area contributed by atoms with E-state index in [1.807, 2.05) is 30.3 Å². The van der Waals surface area contributed by atoms with Crippen LogP contribution in [0.2, 0.25) is 0 Å². The van der Waals surface area contributed by atoms with Crippen LogP contribution in [-0.2, 0) is 14.8 Å². The number of hydrogen-bond donors (Lipinski definition) is 1. The number of amides is 1. The van der Waals surface area contributed by atoms with Gasteiger partial charge in [-0.1, -0.05) is 44.2 Å². The standard InChI is InChI=1S/C22H25N3O4S2/c1-3-25(4-2)31(27,28)17-12-13-19-18(14-17)24-22(29-19)30-20(15-8-6-5-7-9-15)21(26)23-16-10-11-16/h5-9,12-14,16,20H,3-4,10-11H2,1-2H3,(H,23,26)/t20-/m0/s1. The number of benzene rings is 2. The molecule has 0 bridgehead atoms. The fraction of sp³-hybridized carbons (Fsp3) is 0.364. The van der Waals surface area contributed by atoms with E-state index in [1.54, 1.807) is 19.9 Å². The van der Waals surface area contributed by atoms with E-state index < -0.39 is 15.3 Å². The van der Waals surface area contributed by atoms with E-state index in [4.69, 9.17) is 4.42 Å². The van der Waals surface area contributed by atoms with Crippen LogP contribution in [0.25, 0.3) is 11.1 Å². The van der Waals surface area contributed by atoms with E-state index in [2.05, 4.69) is 10.3 Å². The minimum Gasteiger partial charge on any atom is -0.431 e. The summed E-state index contributed by atoms with van der Waals surface area (Å²) in [7, 11) is -3.59. The van der Waals surface area contributed by atoms with Gasteiger partial charge < -0.3 is 9.73 Å². The zero-order valence-corrected chi connectivity index (χ0v) is 19.1. The Labute approximate surface area is 186 Å². The number of oxazole rings is 1. The number of nitrogens with one attached hydrogen (secondary N) is 1. The fourth-order valence-electron chi connectivity index (χ4n) is 3.32. The second kappa shape index (κ2) is 9.02. The van der Waals surface area contributed by atoms with Gasteiger partial charge in [0.1, 0.15) is 10.8 Å². The molecule has 31 heavy (non-hydrogen) atoms. The third-order valence-electron chi connectivity index (χ3n) is 5.17. The highest BCUT2D eigenvalue weighted by molar-refractivity contribution is 8.00. The Kier molecular flexibility index (Phi) is 6.36. The van der Waals surface area contributed by atoms with Gasteiger partial charge >= 0.3 is 0 Å². The number of nitrogens with zero attached hydrogens (tertiary/aromatic N) is 2. The first-order valence-electron chi connectivity index (χ1n) is 10.3. The predicted octanol–water partition coefficient (Wildman–Crippen LogP) is 3.97. The highest BCUT2D eigenvalue weighted by Gasteiger charge is 2.30. The number of aromatic nitrogens is 1. The molecule has 0 saturated heterocycles. The Morgan fingerprint density at radius 3 is 2.55 bits per heavy atom. The van der Waals surface area contributed by atoms with Crippen LogP contribution in [-0.4, -0.2) is 42.7 Å². The molecule has 1 N–H and O–H groups in total. The second-order valence-electron chi connectivity index (χ2n) is 7.39. The number of rotatable bonds is 9. The molecule has 164 valence electrons. The third kappa shape index (κ3) is 4.78. The highest BCUT2D eigenvalue weighted by atomic mass is 32.2. The predicted molar refractivity (Wildman–Crippen MR) is 120 cm³/mol. The first-order chi connectivity index (χ1) is 14.9. The fourth-order valence-corrected chi connectivity index (χ4v) is 5.75. The molecule has 2 aromatic carbocycles. The summed E-state index contributed by atoms with van der Waals surface area (Å²) in [6.07, 6.45) is 2.01. The maximum Gasteiger partial charge on any atom is 0.257 e. The Morgan fingerprint density at radius 2 is 1.90 bits per heavy atom. The Balaban J connectivity index is 1.63. The van der Waals surface area contributed by atoms with Crippen molar-refractivity contribution in [3.63, 3.8) is 0 Å². The van der Waals surface area contributed by atoms with Crippen LogP contribution in [0.3, 0.4) is 0 Å². The molecule has 1 fully saturated rings. The van der Waals surface area contributed by atoms with E-state index in [0.717, 1.165) is 18.4 Å². The van der Waals surface area contributed by atoms with Crippen LogP contribution in [0.5, 0.6) is 0 Å². The zero-order valence-electron chi connectivity index (χ0n) is 17.4. The van der Waals surface area contributed by atoms with Crippen LogP contribution in [0.1, 0.15) is 37.5 Å². The van der Waals surface area contributed by atoms with Crippen LogP contribution < -0.4 is 5.32 Å². The average Bonchev–Trinajstić information content (AvgIpc) is 3.48. The molecule has 3 aromatic rings. The van der Waals surface area contributed by atoms with E-state index >= 15 is 0 Å². The van der Waals surface area contributed by atoms with Crippen LogP contribution >= 0.6 is 11.8 Å². The second-order valence-corrected chi connectivity index (χ2v) is 10.4. The molecule has 0 radical (unpaired) electrons. The maximum atomic E-state index is 12.9. The lowest BCUT2D eigenvalue weighted by molar-refractivity contribution is -0.120. The third-order valence-corrected chi connectivity index (χ3v) is 8.31. The number of fused-ring (bicyclic) bond motifs is 1. The van der Waals surface area contributed by atoms with E-state index in [-0.39, 0.29) is 16.8 Å². The summed E-state index contributed by atoms with van der Waals surface area (Å²) in [5.74, 6) is -0.0780. The molecule has 0 spiro atoms. The van der Waals surface area contributed by atoms with Crippen molar-refractivity contribution in [3.8, 4) is 0 Å². The summed E-state index contributed by atoms with van der Waals surface area (Å²) in [5, 5.41) is 2.87. The summed E-state index contributed by atoms with van der Waals surface area (Å²) in [5.41, 5.74) is 1.79. The Bertz CT molecular complexity index is 1170. The molecule has 1 aliphatic carbocycles. The molecule has 9 heteroatoms. The molecule has 1 aliphatic rings. The van der Waals surface area contributed by atoms with Crippen molar-refractivity contribution in [1.82, 2.24) is 14.6 Å². The summed E-state index contributed by atoms with van der Waals surface area (Å²) in [6, 6.07) is 14.4. The van der Waals surface area contributed by atoms with Gasteiger partial charge in [-0.25, -0.2) is 13.4 Å². The van der Waals surface area contributed by atoms with E-state index in [0.29, 0.717) is 29.4 Å². The lowest BCUT2D eigenvalue weighted by atomic mass is 10.1. The van der Waals surface area contributed by atoms with Gasteiger partial charge in [0, 0.05) is 19.1 Å². The van der Waals surface area contributed by atoms with Crippen LogP contribution in [0.4, 0.5) is 0 Å². The van der Waals surface area contributed by atoms with Crippen molar-refractivity contribution >= 4 is 38.8 Å². The van der Waals surface area contributed by atoms with Crippen molar-refractivity contribution in [2.45, 2.75) is 48.1 Å². The van der Waals surface area contributed by atoms with Gasteiger partial charge in [-0.15, -0.1) is 0 Å². The van der Waals surface area contributed by atoms with Gasteiger partial charge in [0.2, 0.25) is 15.9 Å². The number of carbonyl (C=O) groups is 1. The summed E-state index contributed by atoms with van der Waals surface area (Å²) in [4.78, 5) is 17.5. The number of hydrogen-bond acceptors (Lipinski definition) is 6. The molecule has 1 amide bonds. The lowest BCUT2D eigenvalue weighted by Gasteiger charge is -2.18. The largest absolute Gasteiger partial charge is 0.431 e. The first-order valence-corrected chi connectivity index (χ1v) is 12.7. The van der Waals surface area contributed by atoms with E-state index in [9.17, 15) is 13.2 Å². The van der Waals surface area contributed by atoms with Crippen molar-refractivity contribution in [3.05, 3.63) is 54.1 Å². The summed E-state index contributed by atoms with van der Waals surface area (Å²) < 4.78 is 32.9. The smallest absolute Gasteiger partial charge is 0.257 e. The molecule has 0 aliphatic heterocycles. The van der Waals surface area contributed by atoms with E-state index in [1.165, 1.54) is 28.2 Å². The highest BCUT2D eigenvalue weighted by Crippen LogP contribution is 2.37. The monoisotopic (exact) mass is 459 g/mol. The van der Waals surface area contributed by atoms with Gasteiger partial charge in [-0.05, 0) is 48.4 Å². The SMILES string of the molecule is CCN(CC)S(=O)(=O)c1ccc2oc(S[C@H](C(=O)NC3CC3)c3ccccc3)nc2c1. The van der Waals surface area contributed by atoms with Gasteiger partial charge in [-0.2, -0.15) is 4.31 Å². The number of thioether (sulfide) groups is 1. The molecule has 7 nitrogen and oxygen atoms in total. The van der Waals surface area contributed by atoms with Crippen molar-refractivity contribution in [2.24, 2.45) is 0 Å². The van der Waals surface area contributed by atoms with Gasteiger partial charge in [0.05, 0.1) is 4.90 Å². The molecule has 1 aromatic heterocycles. The molecule has 1 atom stereocenters. The lowest BCUT2D eigenvalue weighted by Crippen LogP contribution is -2.30. The summed E-state index contributed by atoms with van der Waals surface area (Å²) in [6.45, 7) is 4.40. The molecular weight excluding hydrogens is 434 g/mol. The Hall–Kier alpha value is -2.36. The van der Waals surface area contributed by atoms with Crippen molar-refractivity contribution < 1.29 is 17.6 Å². The Morgan fingerprint density at radius 1 is 1.19 bits per heavy atom. The molecule has 1 saturated carbocycles. The van der Waals surface area contributed by atoms with Crippen molar-refractivity contribution in [1.29, 1.82) is 0 Å². The minimum atomic E-state index is -3.59. The van der Waals surface area contributed by atoms with Crippen LogP contribution in [0, 0.1) is 0 Å².